The zero-order valence-electron chi connectivity index (χ0n) is 15.0. The molecule has 2 aromatic heterocycles. The van der Waals surface area contributed by atoms with Gasteiger partial charge in [-0.15, -0.1) is 0 Å². The lowest BCUT2D eigenvalue weighted by molar-refractivity contribution is 0.0950. The number of carbonyl (C=O) groups excluding carboxylic acids is 1. The minimum Gasteiger partial charge on any atom is -0.361 e. The van der Waals surface area contributed by atoms with Crippen molar-refractivity contribution in [3.8, 4) is 11.1 Å². The quantitative estimate of drug-likeness (QED) is 0.775. The zero-order chi connectivity index (χ0) is 18.0. The molecule has 0 fully saturated rings. The van der Waals surface area contributed by atoms with Gasteiger partial charge in [0.15, 0.2) is 0 Å². The Hall–Kier alpha value is -2.89. The van der Waals surface area contributed by atoms with E-state index in [1.54, 1.807) is 13.8 Å². The Morgan fingerprint density at radius 2 is 1.84 bits per heavy atom. The summed E-state index contributed by atoms with van der Waals surface area (Å²) in [5.41, 5.74) is 5.50. The fourth-order valence-corrected chi connectivity index (χ4v) is 3.11. The topological polar surface area (TPSA) is 73.0 Å². The number of rotatable bonds is 5. The lowest BCUT2D eigenvalue weighted by Crippen LogP contribution is -2.28. The van der Waals surface area contributed by atoms with E-state index in [-0.39, 0.29) is 5.91 Å². The molecule has 0 radical (unpaired) electrons. The van der Waals surface area contributed by atoms with Gasteiger partial charge < -0.3 is 9.84 Å². The van der Waals surface area contributed by atoms with E-state index in [1.165, 1.54) is 0 Å². The fourth-order valence-electron chi connectivity index (χ4n) is 3.11. The number of carbonyl (C=O) groups is 1. The van der Waals surface area contributed by atoms with Crippen LogP contribution in [0, 0.1) is 27.7 Å². The van der Waals surface area contributed by atoms with Crippen LogP contribution in [0.4, 0.5) is 0 Å². The fraction of sp³-hybridized carbons (Fsp3) is 0.316. The Balaban J connectivity index is 1.70. The van der Waals surface area contributed by atoms with Crippen molar-refractivity contribution in [2.45, 2.75) is 34.2 Å². The maximum absolute atomic E-state index is 12.3. The molecule has 0 aliphatic carbocycles. The van der Waals surface area contributed by atoms with E-state index in [2.05, 4.69) is 34.6 Å². The van der Waals surface area contributed by atoms with E-state index in [4.69, 9.17) is 4.52 Å². The first-order valence-corrected chi connectivity index (χ1v) is 8.29. The van der Waals surface area contributed by atoms with Crippen LogP contribution in [-0.2, 0) is 6.54 Å². The van der Waals surface area contributed by atoms with Crippen molar-refractivity contribution >= 4 is 5.91 Å². The van der Waals surface area contributed by atoms with E-state index in [0.717, 1.165) is 22.5 Å². The highest BCUT2D eigenvalue weighted by Crippen LogP contribution is 2.26. The summed E-state index contributed by atoms with van der Waals surface area (Å²) in [5, 5.41) is 11.3. The lowest BCUT2D eigenvalue weighted by atomic mass is 10.0. The summed E-state index contributed by atoms with van der Waals surface area (Å²) >= 11 is 0. The van der Waals surface area contributed by atoms with Crippen molar-refractivity contribution in [1.82, 2.24) is 20.3 Å². The van der Waals surface area contributed by atoms with Crippen LogP contribution >= 0.6 is 0 Å². The smallest absolute Gasteiger partial charge is 0.256 e. The van der Waals surface area contributed by atoms with Gasteiger partial charge in [-0.3, -0.25) is 9.48 Å². The third kappa shape index (κ3) is 3.33. The van der Waals surface area contributed by atoms with E-state index >= 15 is 0 Å². The van der Waals surface area contributed by atoms with Crippen molar-refractivity contribution in [3.05, 3.63) is 58.7 Å². The van der Waals surface area contributed by atoms with Gasteiger partial charge in [-0.1, -0.05) is 35.5 Å². The molecule has 6 nitrogen and oxygen atoms in total. The highest BCUT2D eigenvalue weighted by Gasteiger charge is 2.17. The summed E-state index contributed by atoms with van der Waals surface area (Å²) in [6.07, 6.45) is 0. The lowest BCUT2D eigenvalue weighted by Gasteiger charge is -2.07. The monoisotopic (exact) mass is 338 g/mol. The molecular weight excluding hydrogens is 316 g/mol. The maximum Gasteiger partial charge on any atom is 0.256 e. The summed E-state index contributed by atoms with van der Waals surface area (Å²) in [7, 11) is 0. The number of hydrogen-bond acceptors (Lipinski definition) is 4. The molecular formula is C19H22N4O2. The first kappa shape index (κ1) is 17.0. The first-order chi connectivity index (χ1) is 12.0. The average molecular weight is 338 g/mol. The maximum atomic E-state index is 12.3. The third-order valence-electron chi connectivity index (χ3n) is 4.31. The van der Waals surface area contributed by atoms with Gasteiger partial charge in [0.1, 0.15) is 11.3 Å². The van der Waals surface area contributed by atoms with Crippen LogP contribution < -0.4 is 5.32 Å². The summed E-state index contributed by atoms with van der Waals surface area (Å²) in [6.45, 7) is 8.65. The Kier molecular flexibility index (Phi) is 4.70. The molecule has 0 saturated carbocycles. The second-order valence-corrected chi connectivity index (χ2v) is 6.09. The van der Waals surface area contributed by atoms with Crippen LogP contribution in [0.3, 0.4) is 0 Å². The number of nitrogens with one attached hydrogen (secondary N) is 1. The van der Waals surface area contributed by atoms with Crippen molar-refractivity contribution in [1.29, 1.82) is 0 Å². The normalized spacial score (nSPS) is 10.9. The van der Waals surface area contributed by atoms with Crippen molar-refractivity contribution in [2.75, 3.05) is 6.54 Å². The standard InChI is InChI=1S/C19H22N4O2/c1-12-17(16-8-6-5-7-9-16)14(3)23(21-12)11-10-20-19(24)18-13(2)22-25-15(18)4/h5-9H,10-11H2,1-4H3,(H,20,24). The van der Waals surface area contributed by atoms with E-state index in [9.17, 15) is 4.79 Å². The summed E-state index contributed by atoms with van der Waals surface area (Å²) in [5.74, 6) is 0.369. The van der Waals surface area contributed by atoms with Crippen LogP contribution in [0.15, 0.2) is 34.9 Å². The molecule has 0 aliphatic rings. The van der Waals surface area contributed by atoms with Gasteiger partial charge in [-0.2, -0.15) is 5.10 Å². The number of amides is 1. The number of nitrogens with zero attached hydrogens (tertiary/aromatic N) is 3. The Bertz CT molecular complexity index is 874. The molecule has 3 aromatic rings. The molecule has 1 N–H and O–H groups in total. The highest BCUT2D eigenvalue weighted by molar-refractivity contribution is 5.96. The van der Waals surface area contributed by atoms with E-state index in [0.29, 0.717) is 30.1 Å². The third-order valence-corrected chi connectivity index (χ3v) is 4.31. The molecule has 130 valence electrons. The summed E-state index contributed by atoms with van der Waals surface area (Å²) in [4.78, 5) is 12.3. The zero-order valence-corrected chi connectivity index (χ0v) is 15.0. The number of aromatic nitrogens is 3. The van der Waals surface area contributed by atoms with Gasteiger partial charge in [-0.25, -0.2) is 0 Å². The molecule has 2 heterocycles. The van der Waals surface area contributed by atoms with Crippen molar-refractivity contribution in [2.24, 2.45) is 0 Å². The minimum atomic E-state index is -0.166. The van der Waals surface area contributed by atoms with Crippen LogP contribution in [0.25, 0.3) is 11.1 Å². The molecule has 0 bridgehead atoms. The predicted octanol–water partition coefficient (Wildman–Crippen LogP) is 3.20. The van der Waals surface area contributed by atoms with Gasteiger partial charge >= 0.3 is 0 Å². The SMILES string of the molecule is Cc1noc(C)c1C(=O)NCCn1nc(C)c(-c2ccccc2)c1C. The summed E-state index contributed by atoms with van der Waals surface area (Å²) < 4.78 is 6.98. The predicted molar refractivity (Wildman–Crippen MR) is 95.4 cm³/mol. The number of aryl methyl sites for hydroxylation is 3. The van der Waals surface area contributed by atoms with E-state index in [1.807, 2.05) is 29.8 Å². The molecule has 0 atom stereocenters. The van der Waals surface area contributed by atoms with Crippen LogP contribution in [0.1, 0.15) is 33.2 Å². The van der Waals surface area contributed by atoms with Crippen molar-refractivity contribution in [3.63, 3.8) is 0 Å². The van der Waals surface area contributed by atoms with Crippen molar-refractivity contribution < 1.29 is 9.32 Å². The first-order valence-electron chi connectivity index (χ1n) is 8.29. The number of benzene rings is 1. The Morgan fingerprint density at radius 1 is 1.12 bits per heavy atom. The molecule has 3 rings (SSSR count). The largest absolute Gasteiger partial charge is 0.361 e. The average Bonchev–Trinajstić information content (AvgIpc) is 3.07. The molecule has 0 unspecified atom stereocenters. The Morgan fingerprint density at radius 3 is 2.48 bits per heavy atom. The van der Waals surface area contributed by atoms with Gasteiger partial charge in [0.25, 0.3) is 5.91 Å². The van der Waals surface area contributed by atoms with Gasteiger partial charge in [0, 0.05) is 17.8 Å². The van der Waals surface area contributed by atoms with Crippen LogP contribution in [-0.4, -0.2) is 27.4 Å². The van der Waals surface area contributed by atoms with Crippen LogP contribution in [0.2, 0.25) is 0 Å². The van der Waals surface area contributed by atoms with Gasteiger partial charge in [0.05, 0.1) is 17.9 Å². The molecule has 25 heavy (non-hydrogen) atoms. The van der Waals surface area contributed by atoms with E-state index < -0.39 is 0 Å². The molecule has 0 spiro atoms. The van der Waals surface area contributed by atoms with Crippen LogP contribution in [0.5, 0.6) is 0 Å². The molecule has 1 aromatic carbocycles. The highest BCUT2D eigenvalue weighted by atomic mass is 16.5. The van der Waals surface area contributed by atoms with Gasteiger partial charge in [0.2, 0.25) is 0 Å². The second kappa shape index (κ2) is 6.93. The van der Waals surface area contributed by atoms with Gasteiger partial charge in [-0.05, 0) is 33.3 Å². The second-order valence-electron chi connectivity index (χ2n) is 6.09. The number of hydrogen-bond donors (Lipinski definition) is 1. The Labute approximate surface area is 146 Å². The molecule has 6 heteroatoms. The molecule has 0 saturated heterocycles. The molecule has 0 aliphatic heterocycles. The molecule has 1 amide bonds. The summed E-state index contributed by atoms with van der Waals surface area (Å²) in [6, 6.07) is 10.2. The minimum absolute atomic E-state index is 0.166.